The van der Waals surface area contributed by atoms with E-state index in [-0.39, 0.29) is 12.0 Å². The second kappa shape index (κ2) is 8.33. The molecule has 138 valence electrons. The molecule has 2 heterocycles. The molecule has 1 aliphatic heterocycles. The number of anilines is 2. The van der Waals surface area contributed by atoms with Crippen LogP contribution in [0.25, 0.3) is 0 Å². The maximum atomic E-state index is 12.8. The SMILES string of the molecule is CN(C)c1ccc(C(=O)Nc2cscc2C=O)c(OC2CCNCC2)c1. The van der Waals surface area contributed by atoms with Gasteiger partial charge in [0.15, 0.2) is 6.29 Å². The number of rotatable bonds is 6. The number of carbonyl (C=O) groups excluding carboxylic acids is 2. The lowest BCUT2D eigenvalue weighted by molar-refractivity contribution is 0.101. The Balaban J connectivity index is 1.86. The van der Waals surface area contributed by atoms with Crippen LogP contribution >= 0.6 is 11.3 Å². The van der Waals surface area contributed by atoms with Crippen molar-refractivity contribution in [2.24, 2.45) is 0 Å². The van der Waals surface area contributed by atoms with E-state index in [0.717, 1.165) is 37.9 Å². The molecular weight excluding hydrogens is 350 g/mol. The quantitative estimate of drug-likeness (QED) is 0.762. The highest BCUT2D eigenvalue weighted by Crippen LogP contribution is 2.29. The van der Waals surface area contributed by atoms with Gasteiger partial charge in [-0.15, -0.1) is 11.3 Å². The first kappa shape index (κ1) is 18.4. The predicted molar refractivity (Wildman–Crippen MR) is 105 cm³/mol. The summed E-state index contributed by atoms with van der Waals surface area (Å²) in [7, 11) is 3.90. The van der Waals surface area contributed by atoms with Crippen molar-refractivity contribution >= 4 is 34.9 Å². The predicted octanol–water partition coefficient (Wildman–Crippen LogP) is 3.01. The van der Waals surface area contributed by atoms with Gasteiger partial charge in [0.1, 0.15) is 11.9 Å². The van der Waals surface area contributed by atoms with Crippen LogP contribution in [0.5, 0.6) is 5.75 Å². The first-order valence-electron chi connectivity index (χ1n) is 8.60. The third-order valence-corrected chi connectivity index (χ3v) is 5.13. The maximum absolute atomic E-state index is 12.8. The zero-order chi connectivity index (χ0) is 18.5. The summed E-state index contributed by atoms with van der Waals surface area (Å²) < 4.78 is 6.18. The first-order valence-corrected chi connectivity index (χ1v) is 9.54. The molecule has 0 aliphatic carbocycles. The van der Waals surface area contributed by atoms with Crippen molar-refractivity contribution in [3.05, 3.63) is 40.1 Å². The molecule has 3 rings (SSSR count). The van der Waals surface area contributed by atoms with Crippen molar-refractivity contribution in [1.82, 2.24) is 5.32 Å². The average molecular weight is 373 g/mol. The molecule has 1 aromatic heterocycles. The lowest BCUT2D eigenvalue weighted by Gasteiger charge is -2.25. The van der Waals surface area contributed by atoms with E-state index in [1.165, 1.54) is 11.3 Å². The van der Waals surface area contributed by atoms with Gasteiger partial charge in [0, 0.05) is 42.2 Å². The summed E-state index contributed by atoms with van der Waals surface area (Å²) >= 11 is 1.38. The number of aldehydes is 1. The monoisotopic (exact) mass is 373 g/mol. The fraction of sp³-hybridized carbons (Fsp3) is 0.368. The van der Waals surface area contributed by atoms with Gasteiger partial charge in [-0.2, -0.15) is 0 Å². The van der Waals surface area contributed by atoms with Crippen LogP contribution in [0.1, 0.15) is 33.6 Å². The number of nitrogens with zero attached hydrogens (tertiary/aromatic N) is 1. The number of hydrogen-bond donors (Lipinski definition) is 2. The molecule has 26 heavy (non-hydrogen) atoms. The van der Waals surface area contributed by atoms with Gasteiger partial charge in [-0.25, -0.2) is 0 Å². The fourth-order valence-corrected chi connectivity index (χ4v) is 3.58. The number of piperidine rings is 1. The lowest BCUT2D eigenvalue weighted by atomic mass is 10.1. The molecule has 1 fully saturated rings. The third kappa shape index (κ3) is 4.23. The molecule has 0 bridgehead atoms. The standard InChI is InChI=1S/C19H23N3O3S/c1-22(2)14-3-4-16(18(9-14)25-15-5-7-20-8-6-15)19(24)21-17-12-26-11-13(17)10-23/h3-4,9-12,15,20H,5-8H2,1-2H3,(H,21,24). The van der Waals surface area contributed by atoms with E-state index in [4.69, 9.17) is 4.74 Å². The summed E-state index contributed by atoms with van der Waals surface area (Å²) in [5.74, 6) is 0.296. The van der Waals surface area contributed by atoms with E-state index in [1.807, 2.05) is 31.1 Å². The largest absolute Gasteiger partial charge is 0.489 e. The summed E-state index contributed by atoms with van der Waals surface area (Å²) in [6.45, 7) is 1.83. The molecule has 1 saturated heterocycles. The molecule has 1 aromatic carbocycles. The first-order chi connectivity index (χ1) is 12.6. The topological polar surface area (TPSA) is 70.7 Å². The van der Waals surface area contributed by atoms with Crippen molar-refractivity contribution < 1.29 is 14.3 Å². The molecule has 2 aromatic rings. The van der Waals surface area contributed by atoms with Crippen LogP contribution in [0.15, 0.2) is 29.0 Å². The number of benzene rings is 1. The van der Waals surface area contributed by atoms with Gasteiger partial charge in [0.05, 0.1) is 11.3 Å². The Labute approximate surface area is 157 Å². The second-order valence-corrected chi connectivity index (χ2v) is 7.20. The summed E-state index contributed by atoms with van der Waals surface area (Å²) in [5, 5.41) is 9.59. The van der Waals surface area contributed by atoms with Crippen molar-refractivity contribution in [1.29, 1.82) is 0 Å². The molecule has 0 spiro atoms. The third-order valence-electron chi connectivity index (χ3n) is 4.37. The minimum absolute atomic E-state index is 0.0897. The summed E-state index contributed by atoms with van der Waals surface area (Å²) in [4.78, 5) is 25.8. The van der Waals surface area contributed by atoms with E-state index in [0.29, 0.717) is 22.6 Å². The molecule has 6 nitrogen and oxygen atoms in total. The smallest absolute Gasteiger partial charge is 0.259 e. The highest BCUT2D eigenvalue weighted by atomic mass is 32.1. The van der Waals surface area contributed by atoms with Crippen LogP contribution in [0.4, 0.5) is 11.4 Å². The van der Waals surface area contributed by atoms with Crippen LogP contribution in [-0.4, -0.2) is 45.5 Å². The van der Waals surface area contributed by atoms with Crippen molar-refractivity contribution in [3.63, 3.8) is 0 Å². The summed E-state index contributed by atoms with van der Waals surface area (Å²) in [5.41, 5.74) is 2.44. The molecular formula is C19H23N3O3S. The van der Waals surface area contributed by atoms with Crippen LogP contribution < -0.4 is 20.3 Å². The van der Waals surface area contributed by atoms with Gasteiger partial charge in [0.25, 0.3) is 5.91 Å². The van der Waals surface area contributed by atoms with Gasteiger partial charge in [-0.3, -0.25) is 9.59 Å². The average Bonchev–Trinajstić information content (AvgIpc) is 3.09. The van der Waals surface area contributed by atoms with Crippen molar-refractivity contribution in [2.45, 2.75) is 18.9 Å². The van der Waals surface area contributed by atoms with E-state index >= 15 is 0 Å². The molecule has 0 unspecified atom stereocenters. The molecule has 0 radical (unpaired) electrons. The van der Waals surface area contributed by atoms with Crippen LogP contribution in [0.3, 0.4) is 0 Å². The summed E-state index contributed by atoms with van der Waals surface area (Å²) in [6.07, 6.45) is 2.65. The molecule has 0 saturated carbocycles. The minimum Gasteiger partial charge on any atom is -0.489 e. The number of amides is 1. The zero-order valence-electron chi connectivity index (χ0n) is 15.0. The Morgan fingerprint density at radius 3 is 2.77 bits per heavy atom. The van der Waals surface area contributed by atoms with E-state index in [9.17, 15) is 9.59 Å². The van der Waals surface area contributed by atoms with Crippen LogP contribution in [0, 0.1) is 0 Å². The highest BCUT2D eigenvalue weighted by molar-refractivity contribution is 7.08. The minimum atomic E-state index is -0.277. The number of ether oxygens (including phenoxy) is 1. The number of nitrogens with one attached hydrogen (secondary N) is 2. The number of carbonyl (C=O) groups is 2. The lowest BCUT2D eigenvalue weighted by Crippen LogP contribution is -2.34. The summed E-state index contributed by atoms with van der Waals surface area (Å²) in [6, 6.07) is 5.55. The Bertz CT molecular complexity index is 782. The molecule has 1 aliphatic rings. The number of hydrogen-bond acceptors (Lipinski definition) is 6. The molecule has 0 atom stereocenters. The van der Waals surface area contributed by atoms with E-state index in [2.05, 4.69) is 10.6 Å². The number of thiophene rings is 1. The van der Waals surface area contributed by atoms with Gasteiger partial charge in [0.2, 0.25) is 0 Å². The Morgan fingerprint density at radius 1 is 1.31 bits per heavy atom. The Kier molecular flexibility index (Phi) is 5.90. The second-order valence-electron chi connectivity index (χ2n) is 6.45. The normalized spacial score (nSPS) is 14.7. The zero-order valence-corrected chi connectivity index (χ0v) is 15.8. The van der Waals surface area contributed by atoms with Gasteiger partial charge >= 0.3 is 0 Å². The van der Waals surface area contributed by atoms with Gasteiger partial charge in [-0.1, -0.05) is 0 Å². The Hall–Kier alpha value is -2.38. The maximum Gasteiger partial charge on any atom is 0.259 e. The van der Waals surface area contributed by atoms with Crippen LogP contribution in [-0.2, 0) is 0 Å². The van der Waals surface area contributed by atoms with Crippen molar-refractivity contribution in [2.75, 3.05) is 37.4 Å². The fourth-order valence-electron chi connectivity index (χ4n) is 2.86. The Morgan fingerprint density at radius 2 is 2.08 bits per heavy atom. The highest BCUT2D eigenvalue weighted by Gasteiger charge is 2.20. The molecule has 2 N–H and O–H groups in total. The molecule has 7 heteroatoms. The molecule has 1 amide bonds. The van der Waals surface area contributed by atoms with Gasteiger partial charge in [-0.05, 0) is 38.1 Å². The van der Waals surface area contributed by atoms with Crippen molar-refractivity contribution in [3.8, 4) is 5.75 Å². The van der Waals surface area contributed by atoms with Gasteiger partial charge < -0.3 is 20.3 Å². The van der Waals surface area contributed by atoms with Crippen LogP contribution in [0.2, 0.25) is 0 Å². The van der Waals surface area contributed by atoms with E-state index in [1.54, 1.807) is 16.8 Å². The van der Waals surface area contributed by atoms with E-state index < -0.39 is 0 Å².